The van der Waals surface area contributed by atoms with Gasteiger partial charge in [-0.2, -0.15) is 0 Å². The van der Waals surface area contributed by atoms with Crippen LogP contribution in [-0.4, -0.2) is 33.9 Å². The summed E-state index contributed by atoms with van der Waals surface area (Å²) in [5, 5.41) is 0. The molecule has 1 unspecified atom stereocenters. The molecule has 0 amide bonds. The van der Waals surface area contributed by atoms with Gasteiger partial charge in [-0.05, 0) is 56.4 Å². The third kappa shape index (κ3) is 3.73. The third-order valence-electron chi connectivity index (χ3n) is 3.71. The molecular formula is C15H23NO3S. The van der Waals surface area contributed by atoms with Gasteiger partial charge in [-0.1, -0.05) is 6.07 Å². The second-order valence-electron chi connectivity index (χ2n) is 5.55. The Hall–Kier alpha value is -1.07. The highest BCUT2D eigenvalue weighted by atomic mass is 32.2. The summed E-state index contributed by atoms with van der Waals surface area (Å²) < 4.78 is 31.6. The largest absolute Gasteiger partial charge is 0.378 e. The molecule has 4 nitrogen and oxygen atoms in total. The molecular weight excluding hydrogens is 274 g/mol. The third-order valence-corrected chi connectivity index (χ3v) is 5.51. The molecule has 112 valence electrons. The Bertz CT molecular complexity index is 542. The van der Waals surface area contributed by atoms with Crippen LogP contribution < -0.4 is 4.31 Å². The van der Waals surface area contributed by atoms with Crippen molar-refractivity contribution in [2.45, 2.75) is 39.2 Å². The number of benzene rings is 1. The van der Waals surface area contributed by atoms with Gasteiger partial charge in [0.25, 0.3) is 0 Å². The van der Waals surface area contributed by atoms with Crippen molar-refractivity contribution in [2.75, 3.05) is 23.7 Å². The minimum Gasteiger partial charge on any atom is -0.378 e. The predicted octanol–water partition coefficient (Wildman–Crippen LogP) is 2.64. The van der Waals surface area contributed by atoms with E-state index in [-0.39, 0.29) is 11.9 Å². The number of ether oxygens (including phenoxy) is 1. The van der Waals surface area contributed by atoms with Gasteiger partial charge in [-0.25, -0.2) is 8.42 Å². The zero-order chi connectivity index (χ0) is 14.8. The van der Waals surface area contributed by atoms with Crippen molar-refractivity contribution in [1.82, 2.24) is 0 Å². The lowest BCUT2D eigenvalue weighted by molar-refractivity contribution is 0.109. The van der Waals surface area contributed by atoms with E-state index < -0.39 is 10.0 Å². The van der Waals surface area contributed by atoms with Gasteiger partial charge in [0.1, 0.15) is 0 Å². The normalized spacial score (nSPS) is 19.2. The van der Waals surface area contributed by atoms with Gasteiger partial charge in [0.15, 0.2) is 0 Å². The van der Waals surface area contributed by atoms with E-state index in [1.807, 2.05) is 32.0 Å². The summed E-state index contributed by atoms with van der Waals surface area (Å²) >= 11 is 0. The summed E-state index contributed by atoms with van der Waals surface area (Å²) in [4.78, 5) is 0. The van der Waals surface area contributed by atoms with Gasteiger partial charge in [0.05, 0.1) is 17.5 Å². The number of nitrogens with zero attached hydrogens (tertiary/aromatic N) is 1. The summed E-state index contributed by atoms with van der Waals surface area (Å²) in [5.74, 6) is 0.140. The Morgan fingerprint density at radius 1 is 1.25 bits per heavy atom. The molecule has 0 saturated carbocycles. The zero-order valence-electron chi connectivity index (χ0n) is 12.4. The maximum Gasteiger partial charge on any atom is 0.234 e. The molecule has 0 spiro atoms. The van der Waals surface area contributed by atoms with Crippen molar-refractivity contribution >= 4 is 15.7 Å². The van der Waals surface area contributed by atoms with E-state index >= 15 is 0 Å². The smallest absolute Gasteiger partial charge is 0.234 e. The minimum absolute atomic E-state index is 0.109. The van der Waals surface area contributed by atoms with Crippen molar-refractivity contribution in [3.63, 3.8) is 0 Å². The van der Waals surface area contributed by atoms with Gasteiger partial charge in [0, 0.05) is 13.7 Å². The van der Waals surface area contributed by atoms with Crippen LogP contribution in [-0.2, 0) is 14.8 Å². The quantitative estimate of drug-likeness (QED) is 0.839. The number of aryl methyl sites for hydroxylation is 2. The van der Waals surface area contributed by atoms with Crippen LogP contribution in [0.1, 0.15) is 30.4 Å². The summed E-state index contributed by atoms with van der Waals surface area (Å²) in [5.41, 5.74) is 2.87. The average Bonchev–Trinajstić information content (AvgIpc) is 2.87. The van der Waals surface area contributed by atoms with Crippen LogP contribution >= 0.6 is 0 Å². The van der Waals surface area contributed by atoms with E-state index in [2.05, 4.69) is 0 Å². The molecule has 1 aromatic rings. The van der Waals surface area contributed by atoms with Gasteiger partial charge < -0.3 is 4.74 Å². The number of sulfonamides is 1. The minimum atomic E-state index is -3.28. The monoisotopic (exact) mass is 297 g/mol. The summed E-state index contributed by atoms with van der Waals surface area (Å²) in [6.45, 7) is 4.71. The number of rotatable bonds is 5. The van der Waals surface area contributed by atoms with Crippen LogP contribution in [0.4, 0.5) is 5.69 Å². The molecule has 2 rings (SSSR count). The molecule has 1 heterocycles. The van der Waals surface area contributed by atoms with Gasteiger partial charge in [-0.15, -0.1) is 0 Å². The predicted molar refractivity (Wildman–Crippen MR) is 81.7 cm³/mol. The second kappa shape index (κ2) is 6.14. The molecule has 0 radical (unpaired) electrons. The first-order valence-electron chi connectivity index (χ1n) is 7.05. The second-order valence-corrected chi connectivity index (χ2v) is 7.67. The fraction of sp³-hybridized carbons (Fsp3) is 0.600. The van der Waals surface area contributed by atoms with E-state index in [4.69, 9.17) is 4.74 Å². The van der Waals surface area contributed by atoms with E-state index in [0.717, 1.165) is 36.3 Å². The molecule has 20 heavy (non-hydrogen) atoms. The highest BCUT2D eigenvalue weighted by molar-refractivity contribution is 7.92. The molecule has 1 aliphatic heterocycles. The van der Waals surface area contributed by atoms with Crippen molar-refractivity contribution in [1.29, 1.82) is 0 Å². The van der Waals surface area contributed by atoms with Crippen molar-refractivity contribution in [3.05, 3.63) is 29.3 Å². The van der Waals surface area contributed by atoms with Crippen LogP contribution in [0.15, 0.2) is 18.2 Å². The molecule has 0 aromatic heterocycles. The lowest BCUT2D eigenvalue weighted by Crippen LogP contribution is -2.30. The molecule has 5 heteroatoms. The first-order valence-corrected chi connectivity index (χ1v) is 8.66. The Kier molecular flexibility index (Phi) is 4.70. The number of hydrogen-bond donors (Lipinski definition) is 0. The van der Waals surface area contributed by atoms with Crippen LogP contribution in [0, 0.1) is 13.8 Å². The van der Waals surface area contributed by atoms with E-state index in [1.54, 1.807) is 7.05 Å². The van der Waals surface area contributed by atoms with Gasteiger partial charge in [0.2, 0.25) is 10.0 Å². The SMILES string of the molecule is Cc1cc(C)cc(N(C)S(=O)(=O)CCC2CCCO2)c1. The van der Waals surface area contributed by atoms with E-state index in [0.29, 0.717) is 6.42 Å². The Morgan fingerprint density at radius 2 is 1.90 bits per heavy atom. The number of hydrogen-bond acceptors (Lipinski definition) is 3. The molecule has 1 saturated heterocycles. The molecule has 1 fully saturated rings. The Morgan fingerprint density at radius 3 is 2.45 bits per heavy atom. The first kappa shape index (κ1) is 15.3. The van der Waals surface area contributed by atoms with Crippen molar-refractivity contribution in [2.24, 2.45) is 0 Å². The lowest BCUT2D eigenvalue weighted by Gasteiger charge is -2.21. The van der Waals surface area contributed by atoms with Gasteiger partial charge in [-0.3, -0.25) is 4.31 Å². The maximum atomic E-state index is 12.4. The standard InChI is InChI=1S/C15H23NO3S/c1-12-9-13(2)11-14(10-12)16(3)20(17,18)8-6-15-5-4-7-19-15/h9-11,15H,4-8H2,1-3H3. The molecule has 1 aromatic carbocycles. The maximum absolute atomic E-state index is 12.4. The van der Waals surface area contributed by atoms with Crippen LogP contribution in [0.2, 0.25) is 0 Å². The molecule has 1 atom stereocenters. The Balaban J connectivity index is 2.07. The van der Waals surface area contributed by atoms with Crippen LogP contribution in [0.5, 0.6) is 0 Å². The summed E-state index contributed by atoms with van der Waals surface area (Å²) in [6, 6.07) is 5.84. The fourth-order valence-corrected chi connectivity index (χ4v) is 3.84. The van der Waals surface area contributed by atoms with Gasteiger partial charge >= 0.3 is 0 Å². The highest BCUT2D eigenvalue weighted by Crippen LogP contribution is 2.22. The van der Waals surface area contributed by atoms with Crippen molar-refractivity contribution < 1.29 is 13.2 Å². The van der Waals surface area contributed by atoms with E-state index in [9.17, 15) is 8.42 Å². The lowest BCUT2D eigenvalue weighted by atomic mass is 10.1. The van der Waals surface area contributed by atoms with E-state index in [1.165, 1.54) is 4.31 Å². The summed E-state index contributed by atoms with van der Waals surface area (Å²) in [7, 11) is -1.66. The fourth-order valence-electron chi connectivity index (χ4n) is 2.58. The van der Waals surface area contributed by atoms with Crippen LogP contribution in [0.3, 0.4) is 0 Å². The topological polar surface area (TPSA) is 46.6 Å². The highest BCUT2D eigenvalue weighted by Gasteiger charge is 2.23. The van der Waals surface area contributed by atoms with Crippen LogP contribution in [0.25, 0.3) is 0 Å². The molecule has 0 aliphatic carbocycles. The summed E-state index contributed by atoms with van der Waals surface area (Å²) in [6.07, 6.45) is 2.70. The molecule has 0 bridgehead atoms. The average molecular weight is 297 g/mol. The zero-order valence-corrected chi connectivity index (χ0v) is 13.2. The number of anilines is 1. The van der Waals surface area contributed by atoms with Crippen molar-refractivity contribution in [3.8, 4) is 0 Å². The molecule has 0 N–H and O–H groups in total. The Labute approximate surface area is 121 Å². The molecule has 1 aliphatic rings. The first-order chi connectivity index (χ1) is 9.38.